The minimum atomic E-state index is 0.721. The third kappa shape index (κ3) is 2.77. The number of anilines is 1. The molecule has 2 N–H and O–H groups in total. The Kier molecular flexibility index (Phi) is 3.91. The Hall–Kier alpha value is -2.29. The second kappa shape index (κ2) is 6.00. The number of hydrogen-bond donors (Lipinski definition) is 2. The lowest BCUT2D eigenvalue weighted by Crippen LogP contribution is -2.06. The molecule has 3 aromatic rings. The summed E-state index contributed by atoms with van der Waals surface area (Å²) in [5.74, 6) is 0.976. The number of nitrogens with zero attached hydrogens (tertiary/aromatic N) is 1. The van der Waals surface area contributed by atoms with Gasteiger partial charge >= 0.3 is 0 Å². The van der Waals surface area contributed by atoms with Gasteiger partial charge in [-0.2, -0.15) is 0 Å². The highest BCUT2D eigenvalue weighted by Crippen LogP contribution is 2.23. The predicted octanol–water partition coefficient (Wildman–Crippen LogP) is 4.30. The molecule has 0 saturated carbocycles. The number of aromatic amines is 1. The standard InChI is InChI=1S/C18H21N3/c1-3-13-8-7-9-14(4-2)18(13)19-12-17-20-15-10-5-6-11-16(15)21-17/h5-11,19H,3-4,12H2,1-2H3,(H,20,21). The molecule has 1 aromatic heterocycles. The van der Waals surface area contributed by atoms with Crippen LogP contribution in [0.2, 0.25) is 0 Å². The van der Waals surface area contributed by atoms with Gasteiger partial charge in [0.25, 0.3) is 0 Å². The van der Waals surface area contributed by atoms with Gasteiger partial charge in [-0.05, 0) is 36.1 Å². The summed E-state index contributed by atoms with van der Waals surface area (Å²) >= 11 is 0. The predicted molar refractivity (Wildman–Crippen MR) is 88.6 cm³/mol. The molecular weight excluding hydrogens is 258 g/mol. The first-order valence-corrected chi connectivity index (χ1v) is 7.60. The van der Waals surface area contributed by atoms with E-state index in [1.54, 1.807) is 0 Å². The largest absolute Gasteiger partial charge is 0.377 e. The highest BCUT2D eigenvalue weighted by molar-refractivity contribution is 5.74. The molecule has 3 nitrogen and oxygen atoms in total. The molecule has 0 radical (unpaired) electrons. The van der Waals surface area contributed by atoms with E-state index < -0.39 is 0 Å². The lowest BCUT2D eigenvalue weighted by molar-refractivity contribution is 0.987. The van der Waals surface area contributed by atoms with Crippen LogP contribution in [0.15, 0.2) is 42.5 Å². The van der Waals surface area contributed by atoms with Crippen LogP contribution < -0.4 is 5.32 Å². The zero-order valence-corrected chi connectivity index (χ0v) is 12.6. The third-order valence-electron chi connectivity index (χ3n) is 3.87. The molecular formula is C18H21N3. The van der Waals surface area contributed by atoms with Crippen LogP contribution in [-0.4, -0.2) is 9.97 Å². The average molecular weight is 279 g/mol. The Balaban J connectivity index is 1.84. The summed E-state index contributed by atoms with van der Waals surface area (Å²) in [6.45, 7) is 5.11. The van der Waals surface area contributed by atoms with E-state index >= 15 is 0 Å². The second-order valence-electron chi connectivity index (χ2n) is 5.21. The summed E-state index contributed by atoms with van der Waals surface area (Å²) in [4.78, 5) is 7.99. The lowest BCUT2D eigenvalue weighted by Gasteiger charge is -2.14. The number of fused-ring (bicyclic) bond motifs is 1. The Bertz CT molecular complexity index is 688. The Morgan fingerprint density at radius 1 is 0.952 bits per heavy atom. The van der Waals surface area contributed by atoms with E-state index in [0.717, 1.165) is 36.2 Å². The molecule has 0 aliphatic heterocycles. The van der Waals surface area contributed by atoms with Crippen molar-refractivity contribution in [1.29, 1.82) is 0 Å². The van der Waals surface area contributed by atoms with E-state index in [4.69, 9.17) is 0 Å². The summed E-state index contributed by atoms with van der Waals surface area (Å²) in [5, 5.41) is 3.57. The normalized spacial score (nSPS) is 11.0. The van der Waals surface area contributed by atoms with Gasteiger partial charge in [0, 0.05) is 5.69 Å². The van der Waals surface area contributed by atoms with Gasteiger partial charge in [0.15, 0.2) is 0 Å². The molecule has 0 aliphatic carbocycles. The van der Waals surface area contributed by atoms with Crippen LogP contribution in [0.1, 0.15) is 30.8 Å². The number of imidazole rings is 1. The highest BCUT2D eigenvalue weighted by atomic mass is 15.0. The number of aryl methyl sites for hydroxylation is 2. The van der Waals surface area contributed by atoms with Crippen LogP contribution in [-0.2, 0) is 19.4 Å². The van der Waals surface area contributed by atoms with E-state index in [1.165, 1.54) is 16.8 Å². The molecule has 0 aliphatic rings. The molecule has 0 fully saturated rings. The van der Waals surface area contributed by atoms with Crippen molar-refractivity contribution >= 4 is 16.7 Å². The number of benzene rings is 2. The van der Waals surface area contributed by atoms with E-state index in [9.17, 15) is 0 Å². The molecule has 3 rings (SSSR count). The van der Waals surface area contributed by atoms with Gasteiger partial charge in [0.05, 0.1) is 17.6 Å². The van der Waals surface area contributed by atoms with Gasteiger partial charge in [-0.1, -0.05) is 44.2 Å². The summed E-state index contributed by atoms with van der Waals surface area (Å²) in [6.07, 6.45) is 2.08. The van der Waals surface area contributed by atoms with Crippen molar-refractivity contribution in [2.24, 2.45) is 0 Å². The molecule has 3 heteroatoms. The van der Waals surface area contributed by atoms with E-state index in [-0.39, 0.29) is 0 Å². The maximum absolute atomic E-state index is 4.62. The van der Waals surface area contributed by atoms with Crippen LogP contribution in [0, 0.1) is 0 Å². The monoisotopic (exact) mass is 279 g/mol. The summed E-state index contributed by atoms with van der Waals surface area (Å²) in [6, 6.07) is 14.7. The zero-order valence-electron chi connectivity index (χ0n) is 12.6. The van der Waals surface area contributed by atoms with E-state index in [1.807, 2.05) is 18.2 Å². The van der Waals surface area contributed by atoms with E-state index in [2.05, 4.69) is 53.4 Å². The smallest absolute Gasteiger partial charge is 0.126 e. The highest BCUT2D eigenvalue weighted by Gasteiger charge is 2.07. The van der Waals surface area contributed by atoms with Gasteiger partial charge in [-0.15, -0.1) is 0 Å². The van der Waals surface area contributed by atoms with Crippen molar-refractivity contribution in [3.63, 3.8) is 0 Å². The third-order valence-corrected chi connectivity index (χ3v) is 3.87. The van der Waals surface area contributed by atoms with Crippen molar-refractivity contribution in [3.05, 3.63) is 59.4 Å². The molecule has 108 valence electrons. The Morgan fingerprint density at radius 3 is 2.33 bits per heavy atom. The topological polar surface area (TPSA) is 40.7 Å². The van der Waals surface area contributed by atoms with Gasteiger partial charge in [-0.3, -0.25) is 0 Å². The minimum absolute atomic E-state index is 0.721. The fourth-order valence-corrected chi connectivity index (χ4v) is 2.73. The molecule has 0 unspecified atom stereocenters. The summed E-state index contributed by atoms with van der Waals surface area (Å²) in [5.41, 5.74) is 6.11. The van der Waals surface area contributed by atoms with Crippen molar-refractivity contribution in [3.8, 4) is 0 Å². The van der Waals surface area contributed by atoms with Crippen molar-refractivity contribution in [2.75, 3.05) is 5.32 Å². The maximum Gasteiger partial charge on any atom is 0.126 e. The summed E-state index contributed by atoms with van der Waals surface area (Å²) < 4.78 is 0. The van der Waals surface area contributed by atoms with Gasteiger partial charge in [0.1, 0.15) is 5.82 Å². The van der Waals surface area contributed by atoms with Crippen molar-refractivity contribution < 1.29 is 0 Å². The number of aromatic nitrogens is 2. The van der Waals surface area contributed by atoms with Crippen LogP contribution in [0.4, 0.5) is 5.69 Å². The Labute approximate surface area is 125 Å². The van der Waals surface area contributed by atoms with Crippen LogP contribution in [0.3, 0.4) is 0 Å². The average Bonchev–Trinajstić information content (AvgIpc) is 2.95. The first-order valence-electron chi connectivity index (χ1n) is 7.60. The first-order chi connectivity index (χ1) is 10.3. The molecule has 0 saturated heterocycles. The lowest BCUT2D eigenvalue weighted by atomic mass is 10.0. The fraction of sp³-hybridized carbons (Fsp3) is 0.278. The number of nitrogens with one attached hydrogen (secondary N) is 2. The first kappa shape index (κ1) is 13.7. The maximum atomic E-state index is 4.62. The zero-order chi connectivity index (χ0) is 14.7. The van der Waals surface area contributed by atoms with Gasteiger partial charge in [0.2, 0.25) is 0 Å². The SMILES string of the molecule is CCc1cccc(CC)c1NCc1nc2ccccc2[nH]1. The molecule has 1 heterocycles. The van der Waals surface area contributed by atoms with E-state index in [0.29, 0.717) is 0 Å². The number of H-pyrrole nitrogens is 1. The Morgan fingerprint density at radius 2 is 1.67 bits per heavy atom. The number of rotatable bonds is 5. The van der Waals surface area contributed by atoms with Crippen LogP contribution in [0.25, 0.3) is 11.0 Å². The number of para-hydroxylation sites is 3. The van der Waals surface area contributed by atoms with Gasteiger partial charge < -0.3 is 10.3 Å². The quantitative estimate of drug-likeness (QED) is 0.731. The number of hydrogen-bond acceptors (Lipinski definition) is 2. The molecule has 2 aromatic carbocycles. The molecule has 0 amide bonds. The molecule has 21 heavy (non-hydrogen) atoms. The van der Waals surface area contributed by atoms with Crippen molar-refractivity contribution in [2.45, 2.75) is 33.2 Å². The summed E-state index contributed by atoms with van der Waals surface area (Å²) in [7, 11) is 0. The van der Waals surface area contributed by atoms with Gasteiger partial charge in [-0.25, -0.2) is 4.98 Å². The van der Waals surface area contributed by atoms with Crippen LogP contribution in [0.5, 0.6) is 0 Å². The minimum Gasteiger partial charge on any atom is -0.377 e. The second-order valence-corrected chi connectivity index (χ2v) is 5.21. The molecule has 0 bridgehead atoms. The van der Waals surface area contributed by atoms with Crippen LogP contribution >= 0.6 is 0 Å². The fourth-order valence-electron chi connectivity index (χ4n) is 2.73. The van der Waals surface area contributed by atoms with Crippen molar-refractivity contribution in [1.82, 2.24) is 9.97 Å². The molecule has 0 spiro atoms. The molecule has 0 atom stereocenters.